The van der Waals surface area contributed by atoms with E-state index in [1.165, 1.54) is 0 Å². The van der Waals surface area contributed by atoms with Crippen LogP contribution in [0, 0.1) is 0 Å². The molecule has 0 spiro atoms. The van der Waals surface area contributed by atoms with Crippen molar-refractivity contribution in [3.8, 4) is 28.4 Å². The largest absolute Gasteiger partial charge is 0.507 e. The summed E-state index contributed by atoms with van der Waals surface area (Å²) in [4.78, 5) is 0. The third-order valence-corrected chi connectivity index (χ3v) is 5.58. The molecule has 0 aliphatic heterocycles. The van der Waals surface area contributed by atoms with E-state index in [2.05, 4.69) is 0 Å². The highest BCUT2D eigenvalue weighted by atomic mass is 35.5. The fraction of sp³-hybridized carbons (Fsp3) is 0.143. The highest BCUT2D eigenvalue weighted by Crippen LogP contribution is 2.44. The zero-order chi connectivity index (χ0) is 19.6. The van der Waals surface area contributed by atoms with Gasteiger partial charge in [-0.15, -0.1) is 0 Å². The topological polar surface area (TPSA) is 46.5 Å². The van der Waals surface area contributed by atoms with Crippen LogP contribution in [0.3, 0.4) is 0 Å². The van der Waals surface area contributed by atoms with Gasteiger partial charge in [-0.25, -0.2) is 0 Å². The smallest absolute Gasteiger partial charge is 0.164 e. The first-order valence-corrected chi connectivity index (χ1v) is 11.9. The molecule has 0 radical (unpaired) electrons. The summed E-state index contributed by atoms with van der Waals surface area (Å²) in [5, 5.41) is 10.9. The number of aromatic hydroxyl groups is 1. The van der Waals surface area contributed by atoms with Gasteiger partial charge in [0.05, 0.1) is 17.2 Å². The molecule has 0 saturated carbocycles. The average molecular weight is 421 g/mol. The molecule has 0 aliphatic rings. The van der Waals surface area contributed by atoms with Crippen molar-refractivity contribution in [2.75, 3.05) is 13.3 Å². The van der Waals surface area contributed by atoms with E-state index in [4.69, 9.17) is 27.9 Å². The lowest BCUT2D eigenvalue weighted by molar-refractivity contribution is 0.466. The maximum absolute atomic E-state index is 12.0. The van der Waals surface area contributed by atoms with Gasteiger partial charge in [-0.1, -0.05) is 53.5 Å². The summed E-state index contributed by atoms with van der Waals surface area (Å²) in [6.45, 7) is 3.45. The molecule has 1 N–H and O–H groups in total. The Hall–Kier alpha value is -1.93. The van der Waals surface area contributed by atoms with Crippen LogP contribution in [-0.2, 0) is 10.7 Å². The molecule has 3 aromatic rings. The second-order valence-electron chi connectivity index (χ2n) is 6.77. The SMILES string of the molecule is CP(C)(=O)Cc1cc(Cl)c(Oc2ccc(O)c(-c3ccccc3)c2)c(Cl)c1. The van der Waals surface area contributed by atoms with Gasteiger partial charge in [0.1, 0.15) is 11.5 Å². The first-order valence-electron chi connectivity index (χ1n) is 8.31. The van der Waals surface area contributed by atoms with Crippen molar-refractivity contribution in [2.24, 2.45) is 0 Å². The quantitative estimate of drug-likeness (QED) is 0.441. The van der Waals surface area contributed by atoms with Crippen LogP contribution >= 0.6 is 30.3 Å². The van der Waals surface area contributed by atoms with Crippen molar-refractivity contribution in [3.63, 3.8) is 0 Å². The summed E-state index contributed by atoms with van der Waals surface area (Å²) >= 11 is 12.7. The molecule has 140 valence electrons. The molecule has 6 heteroatoms. The summed E-state index contributed by atoms with van der Waals surface area (Å²) in [5.41, 5.74) is 2.32. The maximum atomic E-state index is 12.0. The Labute approximate surface area is 168 Å². The van der Waals surface area contributed by atoms with Crippen LogP contribution in [0.1, 0.15) is 5.56 Å². The van der Waals surface area contributed by atoms with Gasteiger partial charge in [0, 0.05) is 11.7 Å². The number of phenolic OH excluding ortho intramolecular Hbond substituents is 1. The summed E-state index contributed by atoms with van der Waals surface area (Å²) in [7, 11) is -2.24. The molecule has 0 unspecified atom stereocenters. The van der Waals surface area contributed by atoms with Gasteiger partial charge in [-0.2, -0.15) is 0 Å². The van der Waals surface area contributed by atoms with Gasteiger partial charge in [0.2, 0.25) is 0 Å². The van der Waals surface area contributed by atoms with Gasteiger partial charge in [0.25, 0.3) is 0 Å². The van der Waals surface area contributed by atoms with E-state index in [1.54, 1.807) is 43.7 Å². The normalized spacial score (nSPS) is 11.4. The van der Waals surface area contributed by atoms with Crippen molar-refractivity contribution in [1.29, 1.82) is 0 Å². The molecular formula is C21H19Cl2O3P. The molecular weight excluding hydrogens is 402 g/mol. The fourth-order valence-electron chi connectivity index (χ4n) is 2.79. The third-order valence-electron chi connectivity index (χ3n) is 3.89. The van der Waals surface area contributed by atoms with Crippen LogP contribution < -0.4 is 4.74 Å². The zero-order valence-electron chi connectivity index (χ0n) is 14.9. The molecule has 3 rings (SSSR count). The molecule has 0 aromatic heterocycles. The molecule has 3 aromatic carbocycles. The summed E-state index contributed by atoms with van der Waals surface area (Å²) in [5.74, 6) is 0.983. The molecule has 0 fully saturated rings. The number of halogens is 2. The van der Waals surface area contributed by atoms with Crippen LogP contribution in [0.5, 0.6) is 17.2 Å². The maximum Gasteiger partial charge on any atom is 0.164 e. The summed E-state index contributed by atoms with van der Waals surface area (Å²) in [6, 6.07) is 17.9. The molecule has 0 aliphatic carbocycles. The van der Waals surface area contributed by atoms with E-state index in [1.807, 2.05) is 30.3 Å². The van der Waals surface area contributed by atoms with Gasteiger partial charge >= 0.3 is 0 Å². The highest BCUT2D eigenvalue weighted by molar-refractivity contribution is 7.61. The van der Waals surface area contributed by atoms with Crippen molar-refractivity contribution >= 4 is 30.3 Å². The molecule has 3 nitrogen and oxygen atoms in total. The Bertz CT molecular complexity index is 990. The van der Waals surface area contributed by atoms with Crippen molar-refractivity contribution in [2.45, 2.75) is 6.16 Å². The number of phenols is 1. The lowest BCUT2D eigenvalue weighted by Crippen LogP contribution is -1.92. The monoisotopic (exact) mass is 420 g/mol. The van der Waals surface area contributed by atoms with Crippen LogP contribution in [0.4, 0.5) is 0 Å². The second-order valence-corrected chi connectivity index (χ2v) is 11.0. The Morgan fingerprint density at radius 3 is 2.19 bits per heavy atom. The first kappa shape index (κ1) is 19.8. The Morgan fingerprint density at radius 1 is 0.963 bits per heavy atom. The van der Waals surface area contributed by atoms with Crippen LogP contribution in [0.25, 0.3) is 11.1 Å². The zero-order valence-corrected chi connectivity index (χ0v) is 17.4. The number of ether oxygens (including phenoxy) is 1. The van der Waals surface area contributed by atoms with Crippen molar-refractivity contribution in [3.05, 3.63) is 76.3 Å². The van der Waals surface area contributed by atoms with Gasteiger partial charge in [0.15, 0.2) is 5.75 Å². The van der Waals surface area contributed by atoms with Crippen molar-refractivity contribution in [1.82, 2.24) is 0 Å². The van der Waals surface area contributed by atoms with E-state index in [0.717, 1.165) is 11.1 Å². The predicted octanol–water partition coefficient (Wildman–Crippen LogP) is 7.28. The highest BCUT2D eigenvalue weighted by Gasteiger charge is 2.16. The van der Waals surface area contributed by atoms with Crippen LogP contribution in [-0.4, -0.2) is 18.4 Å². The van der Waals surface area contributed by atoms with Gasteiger partial charge < -0.3 is 14.4 Å². The lowest BCUT2D eigenvalue weighted by atomic mass is 10.0. The molecule has 27 heavy (non-hydrogen) atoms. The Morgan fingerprint density at radius 2 is 1.59 bits per heavy atom. The van der Waals surface area contributed by atoms with E-state index in [-0.39, 0.29) is 5.75 Å². The first-order chi connectivity index (χ1) is 12.7. The van der Waals surface area contributed by atoms with E-state index in [0.29, 0.717) is 33.3 Å². The number of rotatable bonds is 5. The number of hydrogen-bond donors (Lipinski definition) is 1. The molecule has 0 atom stereocenters. The Kier molecular flexibility index (Phi) is 5.86. The van der Waals surface area contributed by atoms with Gasteiger partial charge in [-0.3, -0.25) is 0 Å². The molecule has 0 heterocycles. The molecule has 0 saturated heterocycles. The van der Waals surface area contributed by atoms with Crippen molar-refractivity contribution < 1.29 is 14.4 Å². The third kappa shape index (κ3) is 5.07. The van der Waals surface area contributed by atoms with E-state index in [9.17, 15) is 9.67 Å². The summed E-state index contributed by atoms with van der Waals surface area (Å²) in [6.07, 6.45) is 0.421. The fourth-order valence-corrected chi connectivity index (χ4v) is 4.46. The van der Waals surface area contributed by atoms with E-state index < -0.39 is 7.14 Å². The number of benzene rings is 3. The minimum Gasteiger partial charge on any atom is -0.507 e. The average Bonchev–Trinajstić information content (AvgIpc) is 2.59. The molecule has 0 amide bonds. The predicted molar refractivity (Wildman–Crippen MR) is 113 cm³/mol. The van der Waals surface area contributed by atoms with Gasteiger partial charge in [-0.05, 0) is 54.8 Å². The minimum atomic E-state index is -2.24. The number of hydrogen-bond acceptors (Lipinski definition) is 3. The minimum absolute atomic E-state index is 0.155. The van der Waals surface area contributed by atoms with Crippen LogP contribution in [0.15, 0.2) is 60.7 Å². The second kappa shape index (κ2) is 7.98. The van der Waals surface area contributed by atoms with Crippen LogP contribution in [0.2, 0.25) is 10.0 Å². The van der Waals surface area contributed by atoms with E-state index >= 15 is 0 Å². The standard InChI is InChI=1S/C21H19Cl2O3P/c1-27(2,25)13-14-10-18(22)21(19(23)11-14)26-16-8-9-20(24)17(12-16)15-6-4-3-5-7-15/h3-12,24H,13H2,1-2H3. The lowest BCUT2D eigenvalue weighted by Gasteiger charge is -2.14. The summed E-state index contributed by atoms with van der Waals surface area (Å²) < 4.78 is 17.9. The molecule has 0 bridgehead atoms. The Balaban J connectivity index is 1.93.